The quantitative estimate of drug-likeness (QED) is 0.225. The van der Waals surface area contributed by atoms with Crippen molar-refractivity contribution < 1.29 is 9.26 Å². The maximum absolute atomic E-state index is 7.16. The summed E-state index contributed by atoms with van der Waals surface area (Å²) >= 11 is 0. The van der Waals surface area contributed by atoms with Crippen molar-refractivity contribution in [3.63, 3.8) is 0 Å². The maximum Gasteiger partial charge on any atom is 0.279 e. The monoisotopic (exact) mass is 504 g/mol. The van der Waals surface area contributed by atoms with Crippen LogP contribution in [0, 0.1) is 0 Å². The van der Waals surface area contributed by atoms with Gasteiger partial charge in [0.15, 0.2) is 0 Å². The Kier molecular flexibility index (Phi) is 5.72. The first-order chi connectivity index (χ1) is 18.3. The Hall–Kier alpha value is -3.59. The minimum absolute atomic E-state index is 0.544. The van der Waals surface area contributed by atoms with Gasteiger partial charge in [-0.1, -0.05) is 78.9 Å². The van der Waals surface area contributed by atoms with Crippen molar-refractivity contribution >= 4 is 35.7 Å². The lowest BCUT2D eigenvalue weighted by molar-refractivity contribution is 0.416. The van der Waals surface area contributed by atoms with Crippen LogP contribution >= 0.6 is 8.45 Å². The average Bonchev–Trinajstić information content (AvgIpc) is 3.55. The van der Waals surface area contributed by atoms with Crippen LogP contribution in [0.15, 0.2) is 103 Å². The molecular formula is C32H29N2O2P. The molecule has 0 aromatic heterocycles. The van der Waals surface area contributed by atoms with E-state index in [1.807, 2.05) is 0 Å². The van der Waals surface area contributed by atoms with Gasteiger partial charge in [-0.25, -0.2) is 4.67 Å². The summed E-state index contributed by atoms with van der Waals surface area (Å²) in [6, 6.07) is 37.0. The molecule has 7 rings (SSSR count). The van der Waals surface area contributed by atoms with E-state index >= 15 is 0 Å². The number of hydrogen-bond acceptors (Lipinski definition) is 4. The average molecular weight is 505 g/mol. The topological polar surface area (TPSA) is 24.9 Å². The van der Waals surface area contributed by atoms with Crippen molar-refractivity contribution in [3.05, 3.63) is 103 Å². The van der Waals surface area contributed by atoms with Crippen LogP contribution in [0.2, 0.25) is 0 Å². The van der Waals surface area contributed by atoms with E-state index in [4.69, 9.17) is 9.26 Å². The summed E-state index contributed by atoms with van der Waals surface area (Å²) in [6.45, 7) is 2.09. The SMILES string of the molecule is COc1ccc2ccccc2c1-c1c(OP2N(c3ccccc3)C[C@@H]3CCCN32)ccc2ccccc12. The number of rotatable bonds is 5. The highest BCUT2D eigenvalue weighted by molar-refractivity contribution is 7.52. The van der Waals surface area contributed by atoms with Crippen molar-refractivity contribution in [2.75, 3.05) is 24.9 Å². The fourth-order valence-corrected chi connectivity index (χ4v) is 8.15. The molecule has 2 heterocycles. The third kappa shape index (κ3) is 3.83. The van der Waals surface area contributed by atoms with Gasteiger partial charge in [-0.15, -0.1) is 0 Å². The molecule has 0 radical (unpaired) electrons. The van der Waals surface area contributed by atoms with E-state index in [0.29, 0.717) is 6.04 Å². The van der Waals surface area contributed by atoms with Crippen molar-refractivity contribution in [2.45, 2.75) is 18.9 Å². The number of anilines is 1. The molecule has 2 aliphatic heterocycles. The van der Waals surface area contributed by atoms with Gasteiger partial charge in [0.1, 0.15) is 11.5 Å². The van der Waals surface area contributed by atoms with E-state index in [-0.39, 0.29) is 0 Å². The van der Waals surface area contributed by atoms with Gasteiger partial charge in [-0.3, -0.25) is 0 Å². The van der Waals surface area contributed by atoms with E-state index in [2.05, 4.69) is 112 Å². The van der Waals surface area contributed by atoms with Gasteiger partial charge in [0, 0.05) is 35.9 Å². The first kappa shape index (κ1) is 22.6. The molecule has 0 bridgehead atoms. The van der Waals surface area contributed by atoms with Crippen LogP contribution in [0.25, 0.3) is 32.7 Å². The number of fused-ring (bicyclic) bond motifs is 3. The Bertz CT molecular complexity index is 1590. The van der Waals surface area contributed by atoms with E-state index in [0.717, 1.165) is 35.7 Å². The van der Waals surface area contributed by atoms with E-state index in [1.54, 1.807) is 7.11 Å². The fourth-order valence-electron chi connectivity index (χ4n) is 5.90. The molecule has 0 N–H and O–H groups in total. The largest absolute Gasteiger partial charge is 0.496 e. The summed E-state index contributed by atoms with van der Waals surface area (Å²) in [5.74, 6) is 1.77. The molecule has 0 amide bonds. The summed E-state index contributed by atoms with van der Waals surface area (Å²) in [6.07, 6.45) is 2.46. The molecule has 0 spiro atoms. The summed E-state index contributed by atoms with van der Waals surface area (Å²) < 4.78 is 18.2. The lowest BCUT2D eigenvalue weighted by Crippen LogP contribution is -2.20. The van der Waals surface area contributed by atoms with Crippen molar-refractivity contribution in [1.29, 1.82) is 0 Å². The third-order valence-electron chi connectivity index (χ3n) is 7.64. The second-order valence-electron chi connectivity index (χ2n) is 9.74. The molecule has 2 fully saturated rings. The highest BCUT2D eigenvalue weighted by Gasteiger charge is 2.45. The molecule has 4 nitrogen and oxygen atoms in total. The third-order valence-corrected chi connectivity index (χ3v) is 9.78. The van der Waals surface area contributed by atoms with Crippen molar-refractivity contribution in [1.82, 2.24) is 4.67 Å². The standard InChI is InChI=1S/C32H29N2O2P/c1-35-29-19-17-23-10-5-7-15-27(23)31(29)32-28-16-8-6-11-24(28)18-20-30(32)36-37-33-21-9-14-26(33)22-34(37)25-12-3-2-4-13-25/h2-8,10-13,15-20,26H,9,14,21-22H2,1H3/t26-,37?/m0/s1. The van der Waals surface area contributed by atoms with Gasteiger partial charge in [-0.05, 0) is 58.7 Å². The van der Waals surface area contributed by atoms with E-state index in [1.165, 1.54) is 40.1 Å². The number of methoxy groups -OCH3 is 1. The molecule has 5 aromatic rings. The molecule has 5 aromatic carbocycles. The number of nitrogens with zero attached hydrogens (tertiary/aromatic N) is 2. The Morgan fingerprint density at radius 2 is 1.32 bits per heavy atom. The summed E-state index contributed by atoms with van der Waals surface area (Å²) in [4.78, 5) is 0. The minimum Gasteiger partial charge on any atom is -0.496 e. The summed E-state index contributed by atoms with van der Waals surface area (Å²) in [7, 11) is 0.762. The zero-order valence-corrected chi connectivity index (χ0v) is 21.8. The highest BCUT2D eigenvalue weighted by atomic mass is 31.2. The molecule has 37 heavy (non-hydrogen) atoms. The first-order valence-corrected chi connectivity index (χ1v) is 14.1. The van der Waals surface area contributed by atoms with Gasteiger partial charge in [0.05, 0.1) is 7.11 Å². The Balaban J connectivity index is 1.44. The molecular weight excluding hydrogens is 475 g/mol. The van der Waals surface area contributed by atoms with Crippen LogP contribution in [0.5, 0.6) is 11.5 Å². The minimum atomic E-state index is -0.995. The Morgan fingerprint density at radius 3 is 2.03 bits per heavy atom. The number of benzene rings is 5. The smallest absolute Gasteiger partial charge is 0.279 e. The van der Waals surface area contributed by atoms with E-state index in [9.17, 15) is 0 Å². The zero-order chi connectivity index (χ0) is 24.8. The summed E-state index contributed by atoms with van der Waals surface area (Å²) in [5.41, 5.74) is 3.42. The lowest BCUT2D eigenvalue weighted by atomic mass is 9.92. The van der Waals surface area contributed by atoms with Crippen LogP contribution in [-0.4, -0.2) is 30.9 Å². The van der Waals surface area contributed by atoms with Crippen molar-refractivity contribution in [3.8, 4) is 22.6 Å². The van der Waals surface area contributed by atoms with Gasteiger partial charge < -0.3 is 13.9 Å². The fraction of sp³-hybridized carbons (Fsp3) is 0.188. The van der Waals surface area contributed by atoms with Gasteiger partial charge in [0.25, 0.3) is 8.45 Å². The lowest BCUT2D eigenvalue weighted by Gasteiger charge is -2.30. The van der Waals surface area contributed by atoms with Crippen LogP contribution in [0.1, 0.15) is 12.8 Å². The zero-order valence-electron chi connectivity index (χ0n) is 20.9. The summed E-state index contributed by atoms with van der Waals surface area (Å²) in [5, 5.41) is 4.72. The molecule has 2 saturated heterocycles. The predicted octanol–water partition coefficient (Wildman–Crippen LogP) is 8.26. The molecule has 5 heteroatoms. The molecule has 0 aliphatic carbocycles. The van der Waals surface area contributed by atoms with Crippen LogP contribution in [-0.2, 0) is 0 Å². The molecule has 1 unspecified atom stereocenters. The maximum atomic E-state index is 7.16. The van der Waals surface area contributed by atoms with Crippen LogP contribution < -0.4 is 13.9 Å². The number of hydrogen-bond donors (Lipinski definition) is 0. The van der Waals surface area contributed by atoms with Gasteiger partial charge >= 0.3 is 0 Å². The van der Waals surface area contributed by atoms with E-state index < -0.39 is 8.45 Å². The van der Waals surface area contributed by atoms with Gasteiger partial charge in [0.2, 0.25) is 0 Å². The Labute approximate surface area is 219 Å². The first-order valence-electron chi connectivity index (χ1n) is 13.0. The number of ether oxygens (including phenoxy) is 1. The molecule has 184 valence electrons. The Morgan fingerprint density at radius 1 is 0.703 bits per heavy atom. The second kappa shape index (κ2) is 9.37. The molecule has 2 atom stereocenters. The van der Waals surface area contributed by atoms with Crippen LogP contribution in [0.3, 0.4) is 0 Å². The number of para-hydroxylation sites is 1. The van der Waals surface area contributed by atoms with Crippen LogP contribution in [0.4, 0.5) is 5.69 Å². The second-order valence-corrected chi connectivity index (χ2v) is 11.4. The van der Waals surface area contributed by atoms with Gasteiger partial charge in [-0.2, -0.15) is 0 Å². The normalized spacial score (nSPS) is 19.4. The molecule has 0 saturated carbocycles. The predicted molar refractivity (Wildman–Crippen MR) is 155 cm³/mol. The highest BCUT2D eigenvalue weighted by Crippen LogP contribution is 2.58. The molecule has 2 aliphatic rings. The van der Waals surface area contributed by atoms with Crippen molar-refractivity contribution in [2.24, 2.45) is 0 Å².